The average Bonchev–Trinajstić information content (AvgIpc) is 3.00. The first-order chi connectivity index (χ1) is 17.9. The van der Waals surface area contributed by atoms with Gasteiger partial charge < -0.3 is 24.0 Å². The van der Waals surface area contributed by atoms with E-state index in [2.05, 4.69) is 0 Å². The number of esters is 1. The van der Waals surface area contributed by atoms with Crippen LogP contribution in [0.15, 0.2) is 77.7 Å². The predicted molar refractivity (Wildman–Crippen MR) is 145 cm³/mol. The number of likely N-dealkylation sites (N-methyl/N-ethyl adjacent to an activating group) is 1. The molecule has 194 valence electrons. The Balaban J connectivity index is 1.73. The third-order valence-electron chi connectivity index (χ3n) is 6.02. The topological polar surface area (TPSA) is 68.3 Å². The molecule has 37 heavy (non-hydrogen) atoms. The maximum Gasteiger partial charge on any atom is 0.303 e. The third-order valence-corrected chi connectivity index (χ3v) is 7.37. The lowest BCUT2D eigenvalue weighted by Gasteiger charge is -2.28. The van der Waals surface area contributed by atoms with Crippen molar-refractivity contribution >= 4 is 29.3 Å². The molecule has 0 saturated heterocycles. The van der Waals surface area contributed by atoms with Crippen molar-refractivity contribution in [2.45, 2.75) is 29.8 Å². The molecule has 1 amide bonds. The number of thioether (sulfide) groups is 1. The van der Waals surface area contributed by atoms with Gasteiger partial charge in [0.25, 0.3) is 5.91 Å². The average molecular weight is 521 g/mol. The Morgan fingerprint density at radius 2 is 1.70 bits per heavy atom. The second kappa shape index (κ2) is 12.2. The van der Waals surface area contributed by atoms with Gasteiger partial charge in [0.15, 0.2) is 6.10 Å². The number of ether oxygens (including phenoxy) is 3. The van der Waals surface area contributed by atoms with Gasteiger partial charge in [-0.05, 0) is 55.6 Å². The third kappa shape index (κ3) is 6.64. The number of hydrogen-bond donors (Lipinski definition) is 0. The van der Waals surface area contributed by atoms with Gasteiger partial charge in [-0.1, -0.05) is 42.5 Å². The monoisotopic (exact) mass is 520 g/mol. The molecule has 3 aromatic carbocycles. The van der Waals surface area contributed by atoms with Gasteiger partial charge in [0.05, 0.1) is 18.0 Å². The minimum atomic E-state index is -0.987. The Labute approximate surface area is 222 Å². The van der Waals surface area contributed by atoms with E-state index in [1.165, 1.54) is 18.7 Å². The largest absolute Gasteiger partial charge is 0.497 e. The van der Waals surface area contributed by atoms with Crippen LogP contribution in [-0.4, -0.2) is 57.2 Å². The van der Waals surface area contributed by atoms with Crippen LogP contribution in [-0.2, 0) is 20.9 Å². The fraction of sp³-hybridized carbons (Fsp3) is 0.310. The number of rotatable bonds is 9. The highest BCUT2D eigenvalue weighted by molar-refractivity contribution is 7.99. The Morgan fingerprint density at radius 3 is 2.35 bits per heavy atom. The molecule has 3 aromatic rings. The Morgan fingerprint density at radius 1 is 1.00 bits per heavy atom. The van der Waals surface area contributed by atoms with Crippen molar-refractivity contribution in [1.29, 1.82) is 0 Å². The van der Waals surface area contributed by atoms with Crippen molar-refractivity contribution in [3.8, 4) is 11.5 Å². The van der Waals surface area contributed by atoms with Gasteiger partial charge in [-0.25, -0.2) is 0 Å². The fourth-order valence-corrected chi connectivity index (χ4v) is 5.45. The number of nitrogens with zero attached hydrogens (tertiary/aromatic N) is 2. The zero-order valence-electron chi connectivity index (χ0n) is 21.5. The van der Waals surface area contributed by atoms with Crippen molar-refractivity contribution in [2.75, 3.05) is 39.2 Å². The number of hydrogen-bond acceptors (Lipinski definition) is 7. The number of benzene rings is 3. The van der Waals surface area contributed by atoms with E-state index in [1.54, 1.807) is 12.0 Å². The zero-order chi connectivity index (χ0) is 26.4. The van der Waals surface area contributed by atoms with Gasteiger partial charge in [-0.2, -0.15) is 0 Å². The zero-order valence-corrected chi connectivity index (χ0v) is 22.4. The smallest absolute Gasteiger partial charge is 0.303 e. The Kier molecular flexibility index (Phi) is 8.74. The van der Waals surface area contributed by atoms with Crippen molar-refractivity contribution in [1.82, 2.24) is 4.90 Å². The highest BCUT2D eigenvalue weighted by Crippen LogP contribution is 2.48. The summed E-state index contributed by atoms with van der Waals surface area (Å²) in [7, 11) is 5.53. The second-order valence-electron chi connectivity index (χ2n) is 9.04. The van der Waals surface area contributed by atoms with Crippen LogP contribution in [0, 0.1) is 0 Å². The second-order valence-corrected chi connectivity index (χ2v) is 10.2. The van der Waals surface area contributed by atoms with Gasteiger partial charge >= 0.3 is 5.97 Å². The summed E-state index contributed by atoms with van der Waals surface area (Å²) in [5, 5.41) is -0.449. The first-order valence-electron chi connectivity index (χ1n) is 12.1. The van der Waals surface area contributed by atoms with Crippen molar-refractivity contribution in [3.63, 3.8) is 0 Å². The fourth-order valence-electron chi connectivity index (χ4n) is 4.10. The molecule has 0 aliphatic carbocycles. The number of methoxy groups -OCH3 is 1. The van der Waals surface area contributed by atoms with Crippen LogP contribution in [0.4, 0.5) is 5.69 Å². The van der Waals surface area contributed by atoms with E-state index in [9.17, 15) is 9.59 Å². The first-order valence-corrected chi connectivity index (χ1v) is 13.0. The predicted octanol–water partition coefficient (Wildman–Crippen LogP) is 4.95. The minimum absolute atomic E-state index is 0.248. The van der Waals surface area contributed by atoms with E-state index in [0.717, 1.165) is 21.7 Å². The lowest BCUT2D eigenvalue weighted by molar-refractivity contribution is -0.152. The standard InChI is InChI=1S/C29H32N2O5S/c1-20(32)36-27-28(22-10-12-23(34-4)13-11-22)37-26-18-24(35-19-21-8-6-5-7-9-21)14-15-25(26)31(29(27)33)17-16-30(2)3/h5-15,18,27-28H,16-17,19H2,1-4H3. The molecule has 1 aliphatic heterocycles. The molecule has 2 atom stereocenters. The summed E-state index contributed by atoms with van der Waals surface area (Å²) in [5.41, 5.74) is 2.71. The van der Waals surface area contributed by atoms with Gasteiger partial charge in [-0.15, -0.1) is 11.8 Å². The summed E-state index contributed by atoms with van der Waals surface area (Å²) in [4.78, 5) is 30.7. The molecule has 0 bridgehead atoms. The summed E-state index contributed by atoms with van der Waals surface area (Å²) >= 11 is 1.50. The highest BCUT2D eigenvalue weighted by Gasteiger charge is 2.41. The molecule has 8 heteroatoms. The van der Waals surface area contributed by atoms with Crippen LogP contribution in [0.5, 0.6) is 11.5 Å². The molecule has 2 unspecified atom stereocenters. The van der Waals surface area contributed by atoms with Crippen LogP contribution < -0.4 is 14.4 Å². The molecule has 0 aromatic heterocycles. The molecule has 0 spiro atoms. The van der Waals surface area contributed by atoms with Crippen molar-refractivity contribution in [3.05, 3.63) is 83.9 Å². The molecule has 1 aliphatic rings. The van der Waals surface area contributed by atoms with Crippen molar-refractivity contribution in [2.24, 2.45) is 0 Å². The van der Waals surface area contributed by atoms with Gasteiger partial charge in [-0.3, -0.25) is 9.59 Å². The lowest BCUT2D eigenvalue weighted by Crippen LogP contribution is -2.45. The van der Waals surface area contributed by atoms with Crippen LogP contribution in [0.1, 0.15) is 23.3 Å². The molecular formula is C29H32N2O5S. The number of carbonyl (C=O) groups is 2. The van der Waals surface area contributed by atoms with Gasteiger partial charge in [0.1, 0.15) is 18.1 Å². The molecule has 0 fully saturated rings. The van der Waals surface area contributed by atoms with Crippen molar-refractivity contribution < 1.29 is 23.8 Å². The summed E-state index contributed by atoms with van der Waals surface area (Å²) in [6.07, 6.45) is -0.987. The first kappa shape index (κ1) is 26.6. The van der Waals surface area contributed by atoms with Crippen LogP contribution in [0.25, 0.3) is 0 Å². The van der Waals surface area contributed by atoms with E-state index < -0.39 is 17.3 Å². The number of anilines is 1. The van der Waals surface area contributed by atoms with Crippen LogP contribution >= 0.6 is 11.8 Å². The number of amides is 1. The van der Waals surface area contributed by atoms with Crippen LogP contribution in [0.2, 0.25) is 0 Å². The summed E-state index contributed by atoms with van der Waals surface area (Å²) < 4.78 is 17.1. The minimum Gasteiger partial charge on any atom is -0.497 e. The number of carbonyl (C=O) groups excluding carboxylic acids is 2. The van der Waals surface area contributed by atoms with E-state index in [-0.39, 0.29) is 5.91 Å². The normalized spacial score (nSPS) is 17.2. The highest BCUT2D eigenvalue weighted by atomic mass is 32.2. The van der Waals surface area contributed by atoms with Gasteiger partial charge in [0.2, 0.25) is 0 Å². The van der Waals surface area contributed by atoms with E-state index in [4.69, 9.17) is 14.2 Å². The lowest BCUT2D eigenvalue weighted by atomic mass is 10.1. The van der Waals surface area contributed by atoms with E-state index >= 15 is 0 Å². The molecule has 1 heterocycles. The van der Waals surface area contributed by atoms with Gasteiger partial charge in [0, 0.05) is 24.9 Å². The summed E-state index contributed by atoms with van der Waals surface area (Å²) in [5.74, 6) is 0.668. The SMILES string of the molecule is COc1ccc(C2Sc3cc(OCc4ccccc4)ccc3N(CCN(C)C)C(=O)C2OC(C)=O)cc1. The van der Waals surface area contributed by atoms with Crippen LogP contribution in [0.3, 0.4) is 0 Å². The molecule has 0 N–H and O–H groups in total. The molecular weight excluding hydrogens is 488 g/mol. The molecule has 0 radical (unpaired) electrons. The molecule has 0 saturated carbocycles. The Hall–Kier alpha value is -3.49. The quantitative estimate of drug-likeness (QED) is 0.370. The van der Waals surface area contributed by atoms with E-state index in [1.807, 2.05) is 91.8 Å². The van der Waals surface area contributed by atoms with E-state index in [0.29, 0.717) is 31.2 Å². The maximum absolute atomic E-state index is 13.9. The number of fused-ring (bicyclic) bond motifs is 1. The molecule has 4 rings (SSSR count). The Bertz CT molecular complexity index is 1220. The summed E-state index contributed by atoms with van der Waals surface area (Å²) in [6.45, 7) is 2.88. The molecule has 7 nitrogen and oxygen atoms in total. The maximum atomic E-state index is 13.9. The summed E-state index contributed by atoms with van der Waals surface area (Å²) in [6, 6.07) is 23.2.